The lowest BCUT2D eigenvalue weighted by molar-refractivity contribution is -0.116. The topological polar surface area (TPSA) is 102 Å². The highest BCUT2D eigenvalue weighted by Gasteiger charge is 2.12. The summed E-state index contributed by atoms with van der Waals surface area (Å²) in [4.78, 5) is 34.4. The number of hydrogen-bond donors (Lipinski definition) is 2. The fourth-order valence-electron chi connectivity index (χ4n) is 2.23. The molecule has 2 amide bonds. The Balaban J connectivity index is 1.95. The second-order valence-corrected chi connectivity index (χ2v) is 5.23. The third-order valence-electron chi connectivity index (χ3n) is 3.38. The standard InChI is InChI=1S/C17H18N2O4/c1-10(20)15-9-14(23-11(15)2)6-7-16(21)19-13-5-3-4-12(8-13)17(18)22/h3-5,8-9H,6-7H2,1-2H3,(H2,18,22)(H,19,21). The molecule has 120 valence electrons. The summed E-state index contributed by atoms with van der Waals surface area (Å²) >= 11 is 0. The minimum atomic E-state index is -0.552. The van der Waals surface area contributed by atoms with Gasteiger partial charge in [-0.25, -0.2) is 0 Å². The van der Waals surface area contributed by atoms with Crippen molar-refractivity contribution in [3.63, 3.8) is 0 Å². The molecule has 0 aliphatic carbocycles. The highest BCUT2D eigenvalue weighted by molar-refractivity contribution is 5.96. The Hall–Kier alpha value is -2.89. The van der Waals surface area contributed by atoms with Crippen LogP contribution in [0.5, 0.6) is 0 Å². The molecule has 0 fully saturated rings. The Labute approximate surface area is 133 Å². The maximum absolute atomic E-state index is 12.0. The van der Waals surface area contributed by atoms with Gasteiger partial charge < -0.3 is 15.5 Å². The fourth-order valence-corrected chi connectivity index (χ4v) is 2.23. The third-order valence-corrected chi connectivity index (χ3v) is 3.38. The van der Waals surface area contributed by atoms with E-state index in [9.17, 15) is 14.4 Å². The van der Waals surface area contributed by atoms with Gasteiger partial charge >= 0.3 is 0 Å². The highest BCUT2D eigenvalue weighted by Crippen LogP contribution is 2.17. The first-order valence-electron chi connectivity index (χ1n) is 7.17. The summed E-state index contributed by atoms with van der Waals surface area (Å²) < 4.78 is 5.47. The smallest absolute Gasteiger partial charge is 0.248 e. The molecule has 0 bridgehead atoms. The van der Waals surface area contributed by atoms with Gasteiger partial charge in [-0.15, -0.1) is 0 Å². The van der Waals surface area contributed by atoms with Crippen LogP contribution in [0, 0.1) is 6.92 Å². The molecular weight excluding hydrogens is 296 g/mol. The van der Waals surface area contributed by atoms with Crippen LogP contribution in [0.15, 0.2) is 34.7 Å². The van der Waals surface area contributed by atoms with Gasteiger partial charge in [-0.05, 0) is 38.1 Å². The predicted octanol–water partition coefficient (Wildman–Crippen LogP) is 2.46. The molecular formula is C17H18N2O4. The number of rotatable bonds is 6. The van der Waals surface area contributed by atoms with Crippen LogP contribution in [0.25, 0.3) is 0 Å². The van der Waals surface area contributed by atoms with Gasteiger partial charge in [-0.3, -0.25) is 14.4 Å². The number of benzene rings is 1. The van der Waals surface area contributed by atoms with Crippen molar-refractivity contribution in [2.75, 3.05) is 5.32 Å². The molecule has 0 unspecified atom stereocenters. The number of ketones is 1. The molecule has 0 saturated heterocycles. The van der Waals surface area contributed by atoms with Gasteiger partial charge in [0.1, 0.15) is 11.5 Å². The van der Waals surface area contributed by atoms with Gasteiger partial charge in [0.15, 0.2) is 5.78 Å². The van der Waals surface area contributed by atoms with Gasteiger partial charge in [0.25, 0.3) is 0 Å². The Morgan fingerprint density at radius 2 is 1.96 bits per heavy atom. The highest BCUT2D eigenvalue weighted by atomic mass is 16.3. The zero-order chi connectivity index (χ0) is 17.0. The van der Waals surface area contributed by atoms with Crippen molar-refractivity contribution in [1.29, 1.82) is 0 Å². The maximum Gasteiger partial charge on any atom is 0.248 e. The van der Waals surface area contributed by atoms with Crippen molar-refractivity contribution in [3.8, 4) is 0 Å². The Morgan fingerprint density at radius 3 is 2.57 bits per heavy atom. The number of hydrogen-bond acceptors (Lipinski definition) is 4. The lowest BCUT2D eigenvalue weighted by Crippen LogP contribution is -2.14. The summed E-state index contributed by atoms with van der Waals surface area (Å²) in [7, 11) is 0. The number of nitrogens with one attached hydrogen (secondary N) is 1. The molecule has 0 spiro atoms. The molecule has 6 nitrogen and oxygen atoms in total. The zero-order valence-electron chi connectivity index (χ0n) is 13.0. The maximum atomic E-state index is 12.0. The van der Waals surface area contributed by atoms with Crippen LogP contribution < -0.4 is 11.1 Å². The molecule has 2 rings (SSSR count). The fraction of sp³-hybridized carbons (Fsp3) is 0.235. The summed E-state index contributed by atoms with van der Waals surface area (Å²) in [5.74, 6) is 0.315. The van der Waals surface area contributed by atoms with E-state index in [1.165, 1.54) is 13.0 Å². The summed E-state index contributed by atoms with van der Waals surface area (Å²) in [6.07, 6.45) is 0.584. The zero-order valence-corrected chi connectivity index (χ0v) is 13.0. The minimum absolute atomic E-state index is 0.0646. The second kappa shape index (κ2) is 6.91. The molecule has 0 aliphatic rings. The predicted molar refractivity (Wildman–Crippen MR) is 85.4 cm³/mol. The third kappa shape index (κ3) is 4.29. The van der Waals surface area contributed by atoms with Crippen molar-refractivity contribution < 1.29 is 18.8 Å². The summed E-state index contributed by atoms with van der Waals surface area (Å²) in [6, 6.07) is 8.08. The van der Waals surface area contributed by atoms with Crippen LogP contribution in [-0.4, -0.2) is 17.6 Å². The largest absolute Gasteiger partial charge is 0.466 e. The normalized spacial score (nSPS) is 10.3. The van der Waals surface area contributed by atoms with E-state index < -0.39 is 5.91 Å². The molecule has 1 heterocycles. The van der Waals surface area contributed by atoms with Crippen molar-refractivity contribution in [2.45, 2.75) is 26.7 Å². The van der Waals surface area contributed by atoms with Crippen molar-refractivity contribution in [3.05, 3.63) is 53.0 Å². The van der Waals surface area contributed by atoms with Crippen LogP contribution in [0.4, 0.5) is 5.69 Å². The summed E-state index contributed by atoms with van der Waals surface area (Å²) in [5.41, 5.74) is 6.57. The van der Waals surface area contributed by atoms with Gasteiger partial charge in [-0.1, -0.05) is 6.07 Å². The number of nitrogens with two attached hydrogens (primary N) is 1. The first kappa shape index (κ1) is 16.5. The molecule has 2 aromatic rings. The van der Waals surface area contributed by atoms with E-state index in [-0.39, 0.29) is 18.1 Å². The lowest BCUT2D eigenvalue weighted by atomic mass is 10.1. The number of amides is 2. The molecule has 3 N–H and O–H groups in total. The first-order chi connectivity index (χ1) is 10.9. The minimum Gasteiger partial charge on any atom is -0.466 e. The van der Waals surface area contributed by atoms with Crippen molar-refractivity contribution >= 4 is 23.3 Å². The molecule has 1 aromatic carbocycles. The van der Waals surface area contributed by atoms with E-state index in [1.807, 2.05) is 0 Å². The van der Waals surface area contributed by atoms with Crippen LogP contribution in [0.2, 0.25) is 0 Å². The van der Waals surface area contributed by atoms with E-state index in [2.05, 4.69) is 5.32 Å². The number of Topliss-reactive ketones (excluding diaryl/α,β-unsaturated/α-hetero) is 1. The lowest BCUT2D eigenvalue weighted by Gasteiger charge is -2.05. The molecule has 0 radical (unpaired) electrons. The quantitative estimate of drug-likeness (QED) is 0.799. The second-order valence-electron chi connectivity index (χ2n) is 5.23. The van der Waals surface area contributed by atoms with E-state index in [0.717, 1.165) is 0 Å². The number of aryl methyl sites for hydroxylation is 2. The number of carbonyl (C=O) groups is 3. The Morgan fingerprint density at radius 1 is 1.22 bits per heavy atom. The first-order valence-corrected chi connectivity index (χ1v) is 7.17. The van der Waals surface area contributed by atoms with E-state index in [0.29, 0.717) is 34.8 Å². The van der Waals surface area contributed by atoms with Crippen molar-refractivity contribution in [2.24, 2.45) is 5.73 Å². The van der Waals surface area contributed by atoms with E-state index in [4.69, 9.17) is 10.2 Å². The number of furan rings is 1. The molecule has 0 saturated carbocycles. The van der Waals surface area contributed by atoms with Crippen LogP contribution in [0.3, 0.4) is 0 Å². The average Bonchev–Trinajstić information content (AvgIpc) is 2.87. The average molecular weight is 314 g/mol. The monoisotopic (exact) mass is 314 g/mol. The SMILES string of the molecule is CC(=O)c1cc(CCC(=O)Nc2cccc(C(N)=O)c2)oc1C. The number of anilines is 1. The van der Waals surface area contributed by atoms with Crippen LogP contribution in [-0.2, 0) is 11.2 Å². The van der Waals surface area contributed by atoms with Gasteiger partial charge in [0.05, 0.1) is 5.56 Å². The molecule has 6 heteroatoms. The van der Waals surface area contributed by atoms with Crippen LogP contribution >= 0.6 is 0 Å². The van der Waals surface area contributed by atoms with E-state index in [1.54, 1.807) is 31.2 Å². The van der Waals surface area contributed by atoms with Crippen molar-refractivity contribution in [1.82, 2.24) is 0 Å². The molecule has 1 aromatic heterocycles. The van der Waals surface area contributed by atoms with Gasteiger partial charge in [-0.2, -0.15) is 0 Å². The molecule has 23 heavy (non-hydrogen) atoms. The van der Waals surface area contributed by atoms with Crippen LogP contribution in [0.1, 0.15) is 45.6 Å². The Kier molecular flexibility index (Phi) is 4.95. The summed E-state index contributed by atoms with van der Waals surface area (Å²) in [5, 5.41) is 2.70. The summed E-state index contributed by atoms with van der Waals surface area (Å²) in [6.45, 7) is 3.19. The van der Waals surface area contributed by atoms with Gasteiger partial charge in [0.2, 0.25) is 11.8 Å². The number of primary amides is 1. The van der Waals surface area contributed by atoms with E-state index >= 15 is 0 Å². The Bertz CT molecular complexity index is 762. The molecule has 0 aliphatic heterocycles. The molecule has 0 atom stereocenters. The van der Waals surface area contributed by atoms with Gasteiger partial charge in [0, 0.05) is 24.1 Å². The number of carbonyl (C=O) groups excluding carboxylic acids is 3.